The number of carbonyl (C=O) groups is 1. The second-order valence-electron chi connectivity index (χ2n) is 5.91. The van der Waals surface area contributed by atoms with Gasteiger partial charge in [0, 0.05) is 11.8 Å². The SMILES string of the molecule is COc1ccc(C(=O)Nc2ccn([C@@H]3O[C@@H](CO)[C@@H](O)[C@H]3O)c(=O)n2)cc1. The Labute approximate surface area is 153 Å². The Balaban J connectivity index is 1.75. The highest BCUT2D eigenvalue weighted by Crippen LogP contribution is 2.28. The van der Waals surface area contributed by atoms with Crippen LogP contribution >= 0.6 is 0 Å². The molecule has 0 spiro atoms. The van der Waals surface area contributed by atoms with E-state index in [2.05, 4.69) is 10.3 Å². The van der Waals surface area contributed by atoms with Crippen LogP contribution in [0.25, 0.3) is 0 Å². The largest absolute Gasteiger partial charge is 0.497 e. The Morgan fingerprint density at radius 2 is 1.96 bits per heavy atom. The second kappa shape index (κ2) is 7.84. The fourth-order valence-corrected chi connectivity index (χ4v) is 2.72. The Hall–Kier alpha value is -2.79. The minimum Gasteiger partial charge on any atom is -0.497 e. The van der Waals surface area contributed by atoms with Crippen molar-refractivity contribution in [3.05, 3.63) is 52.6 Å². The summed E-state index contributed by atoms with van der Waals surface area (Å²) < 4.78 is 11.3. The van der Waals surface area contributed by atoms with Crippen LogP contribution < -0.4 is 15.7 Å². The van der Waals surface area contributed by atoms with Crippen molar-refractivity contribution in [2.75, 3.05) is 19.0 Å². The normalized spacial score (nSPS) is 24.6. The van der Waals surface area contributed by atoms with E-state index in [1.807, 2.05) is 0 Å². The lowest BCUT2D eigenvalue weighted by atomic mass is 10.1. The van der Waals surface area contributed by atoms with E-state index in [0.29, 0.717) is 11.3 Å². The van der Waals surface area contributed by atoms with Crippen molar-refractivity contribution in [3.8, 4) is 5.75 Å². The van der Waals surface area contributed by atoms with Crippen molar-refractivity contribution < 1.29 is 29.6 Å². The number of aliphatic hydroxyl groups excluding tert-OH is 3. The predicted octanol–water partition coefficient (Wildman–Crippen LogP) is -0.884. The van der Waals surface area contributed by atoms with Crippen molar-refractivity contribution in [2.45, 2.75) is 24.5 Å². The number of anilines is 1. The molecule has 0 radical (unpaired) electrons. The van der Waals surface area contributed by atoms with Gasteiger partial charge in [0.05, 0.1) is 13.7 Å². The number of hydrogen-bond donors (Lipinski definition) is 4. The van der Waals surface area contributed by atoms with Crippen molar-refractivity contribution >= 4 is 11.7 Å². The van der Waals surface area contributed by atoms with Crippen LogP contribution in [-0.4, -0.2) is 62.8 Å². The number of benzene rings is 1. The average Bonchev–Trinajstić information content (AvgIpc) is 2.96. The first-order valence-corrected chi connectivity index (χ1v) is 8.11. The van der Waals surface area contributed by atoms with Gasteiger partial charge in [0.25, 0.3) is 5.91 Å². The van der Waals surface area contributed by atoms with E-state index in [9.17, 15) is 19.8 Å². The quantitative estimate of drug-likeness (QED) is 0.526. The predicted molar refractivity (Wildman–Crippen MR) is 92.5 cm³/mol. The number of aromatic nitrogens is 2. The first-order valence-electron chi connectivity index (χ1n) is 8.11. The molecule has 27 heavy (non-hydrogen) atoms. The van der Waals surface area contributed by atoms with Gasteiger partial charge < -0.3 is 30.1 Å². The molecule has 1 aliphatic rings. The molecule has 0 saturated carbocycles. The average molecular weight is 377 g/mol. The molecule has 1 aromatic carbocycles. The van der Waals surface area contributed by atoms with Gasteiger partial charge in [-0.05, 0) is 30.3 Å². The minimum atomic E-state index is -1.40. The second-order valence-corrected chi connectivity index (χ2v) is 5.91. The fourth-order valence-electron chi connectivity index (χ4n) is 2.72. The van der Waals surface area contributed by atoms with Crippen LogP contribution in [0.4, 0.5) is 5.82 Å². The Kier molecular flexibility index (Phi) is 5.51. The molecule has 2 heterocycles. The smallest absolute Gasteiger partial charge is 0.351 e. The van der Waals surface area contributed by atoms with Crippen molar-refractivity contribution in [1.82, 2.24) is 9.55 Å². The standard InChI is InChI=1S/C17H19N3O7/c1-26-10-4-2-9(3-5-10)15(24)18-12-6-7-20(17(25)19-12)16-14(23)13(22)11(8-21)27-16/h2-7,11,13-14,16,21-23H,8H2,1H3,(H,18,19,24,25)/t11-,13+,14+,16+/m0/s1. The first kappa shape index (κ1) is 19.0. The number of carbonyl (C=O) groups excluding carboxylic acids is 1. The van der Waals surface area contributed by atoms with Crippen LogP contribution in [0.15, 0.2) is 41.3 Å². The molecular formula is C17H19N3O7. The summed E-state index contributed by atoms with van der Waals surface area (Å²) in [5.41, 5.74) is -0.442. The van der Waals surface area contributed by atoms with Crippen LogP contribution in [0, 0.1) is 0 Å². The van der Waals surface area contributed by atoms with Gasteiger partial charge in [-0.15, -0.1) is 0 Å². The monoisotopic (exact) mass is 377 g/mol. The Morgan fingerprint density at radius 3 is 2.52 bits per heavy atom. The summed E-state index contributed by atoms with van der Waals surface area (Å²) in [6.45, 7) is -0.507. The number of nitrogens with one attached hydrogen (secondary N) is 1. The number of amides is 1. The topological polar surface area (TPSA) is 143 Å². The van der Waals surface area contributed by atoms with Crippen LogP contribution in [-0.2, 0) is 4.74 Å². The molecule has 0 unspecified atom stereocenters. The summed E-state index contributed by atoms with van der Waals surface area (Å²) in [5, 5.41) is 31.4. The molecule has 3 rings (SSSR count). The zero-order valence-corrected chi connectivity index (χ0v) is 14.3. The maximum atomic E-state index is 12.2. The molecule has 1 aromatic heterocycles. The molecule has 4 N–H and O–H groups in total. The van der Waals surface area contributed by atoms with Gasteiger partial charge in [-0.3, -0.25) is 9.36 Å². The minimum absolute atomic E-state index is 0.0174. The van der Waals surface area contributed by atoms with Crippen LogP contribution in [0.1, 0.15) is 16.6 Å². The maximum Gasteiger partial charge on any atom is 0.351 e. The number of nitrogens with zero attached hydrogens (tertiary/aromatic N) is 2. The molecule has 1 amide bonds. The third-order valence-corrected chi connectivity index (χ3v) is 4.22. The van der Waals surface area contributed by atoms with Crippen LogP contribution in [0.2, 0.25) is 0 Å². The van der Waals surface area contributed by atoms with E-state index in [-0.39, 0.29) is 5.82 Å². The van der Waals surface area contributed by atoms with Gasteiger partial charge in [0.1, 0.15) is 29.9 Å². The molecule has 2 aromatic rings. The van der Waals surface area contributed by atoms with E-state index in [1.165, 1.54) is 19.4 Å². The van der Waals surface area contributed by atoms with Gasteiger partial charge in [-0.1, -0.05) is 0 Å². The fraction of sp³-hybridized carbons (Fsp3) is 0.353. The van der Waals surface area contributed by atoms with E-state index in [1.54, 1.807) is 24.3 Å². The highest BCUT2D eigenvalue weighted by atomic mass is 16.6. The Bertz CT molecular complexity index is 868. The van der Waals surface area contributed by atoms with E-state index in [4.69, 9.17) is 14.6 Å². The zero-order valence-electron chi connectivity index (χ0n) is 14.3. The van der Waals surface area contributed by atoms with Crippen molar-refractivity contribution in [1.29, 1.82) is 0 Å². The summed E-state index contributed by atoms with van der Waals surface area (Å²) in [6, 6.07) is 7.74. The third kappa shape index (κ3) is 3.83. The van der Waals surface area contributed by atoms with Crippen LogP contribution in [0.3, 0.4) is 0 Å². The summed E-state index contributed by atoms with van der Waals surface area (Å²) in [5.74, 6) is 0.157. The van der Waals surface area contributed by atoms with Gasteiger partial charge in [-0.25, -0.2) is 4.79 Å². The lowest BCUT2D eigenvalue weighted by molar-refractivity contribution is -0.0549. The number of methoxy groups -OCH3 is 1. The maximum absolute atomic E-state index is 12.2. The Morgan fingerprint density at radius 1 is 1.26 bits per heavy atom. The molecule has 1 aliphatic heterocycles. The highest BCUT2D eigenvalue weighted by Gasteiger charge is 2.43. The summed E-state index contributed by atoms with van der Waals surface area (Å²) in [4.78, 5) is 28.2. The summed E-state index contributed by atoms with van der Waals surface area (Å²) in [7, 11) is 1.51. The molecule has 144 valence electrons. The van der Waals surface area contributed by atoms with Gasteiger partial charge >= 0.3 is 5.69 Å². The molecule has 4 atom stereocenters. The van der Waals surface area contributed by atoms with E-state index < -0.39 is 42.7 Å². The highest BCUT2D eigenvalue weighted by molar-refractivity contribution is 6.03. The lowest BCUT2D eigenvalue weighted by Crippen LogP contribution is -2.36. The summed E-state index contributed by atoms with van der Waals surface area (Å²) in [6.07, 6.45) is -3.66. The summed E-state index contributed by atoms with van der Waals surface area (Å²) >= 11 is 0. The number of aliphatic hydroxyl groups is 3. The number of hydrogen-bond acceptors (Lipinski definition) is 8. The van der Waals surface area contributed by atoms with Gasteiger partial charge in [0.15, 0.2) is 6.23 Å². The van der Waals surface area contributed by atoms with Crippen molar-refractivity contribution in [3.63, 3.8) is 0 Å². The molecule has 1 fully saturated rings. The van der Waals surface area contributed by atoms with E-state index >= 15 is 0 Å². The van der Waals surface area contributed by atoms with Crippen molar-refractivity contribution in [2.24, 2.45) is 0 Å². The van der Waals surface area contributed by atoms with E-state index in [0.717, 1.165) is 4.57 Å². The molecule has 1 saturated heterocycles. The molecule has 0 bridgehead atoms. The number of ether oxygens (including phenoxy) is 2. The zero-order chi connectivity index (χ0) is 19.6. The molecule has 10 heteroatoms. The first-order chi connectivity index (χ1) is 12.9. The third-order valence-electron chi connectivity index (χ3n) is 4.22. The van der Waals surface area contributed by atoms with Gasteiger partial charge in [0.2, 0.25) is 0 Å². The van der Waals surface area contributed by atoms with Gasteiger partial charge in [-0.2, -0.15) is 4.98 Å². The van der Waals surface area contributed by atoms with Crippen LogP contribution in [0.5, 0.6) is 5.75 Å². The molecule has 10 nitrogen and oxygen atoms in total. The molecular weight excluding hydrogens is 358 g/mol. The number of rotatable bonds is 5. The lowest BCUT2D eigenvalue weighted by Gasteiger charge is -2.17. The molecule has 0 aliphatic carbocycles.